The van der Waals surface area contributed by atoms with Crippen LogP contribution in [0.5, 0.6) is 0 Å². The third-order valence-corrected chi connectivity index (χ3v) is 3.49. The van der Waals surface area contributed by atoms with Gasteiger partial charge in [0.05, 0.1) is 21.9 Å². The van der Waals surface area contributed by atoms with E-state index in [2.05, 4.69) is 30.6 Å². The molecule has 0 bridgehead atoms. The average molecular weight is 337 g/mol. The summed E-state index contributed by atoms with van der Waals surface area (Å²) in [5.41, 5.74) is 1.88. The van der Waals surface area contributed by atoms with Gasteiger partial charge in [0, 0.05) is 6.04 Å². The number of fused-ring (bicyclic) bond motifs is 1. The number of H-pyrrole nitrogens is 1. The minimum atomic E-state index is 0.246. The van der Waals surface area contributed by atoms with Crippen LogP contribution in [0.25, 0.3) is 11.2 Å². The number of nitrogens with zero attached hydrogens (tertiary/aromatic N) is 3. The number of imidazole rings is 1. The Morgan fingerprint density at radius 1 is 1.14 bits per heavy atom. The number of hydrogen-bond acceptors (Lipinski definition) is 5. The quantitative estimate of drug-likeness (QED) is 0.664. The van der Waals surface area contributed by atoms with Gasteiger partial charge in [-0.2, -0.15) is 9.97 Å². The van der Waals surface area contributed by atoms with Crippen molar-refractivity contribution in [2.75, 3.05) is 10.6 Å². The fraction of sp³-hybridized carbons (Fsp3) is 0.214. The lowest BCUT2D eigenvalue weighted by atomic mass is 10.3. The number of para-hydroxylation sites is 1. The molecule has 3 rings (SSSR count). The van der Waals surface area contributed by atoms with Crippen molar-refractivity contribution >= 4 is 51.9 Å². The van der Waals surface area contributed by atoms with Crippen LogP contribution in [-0.4, -0.2) is 26.0 Å². The zero-order valence-corrected chi connectivity index (χ0v) is 13.5. The monoisotopic (exact) mass is 336 g/mol. The van der Waals surface area contributed by atoms with E-state index >= 15 is 0 Å². The Balaban J connectivity index is 1.92. The molecule has 2 heterocycles. The van der Waals surface area contributed by atoms with Gasteiger partial charge in [-0.05, 0) is 26.0 Å². The second-order valence-electron chi connectivity index (χ2n) is 5.04. The average Bonchev–Trinajstić information content (AvgIpc) is 2.84. The van der Waals surface area contributed by atoms with Crippen LogP contribution in [-0.2, 0) is 0 Å². The van der Waals surface area contributed by atoms with Crippen LogP contribution in [0.4, 0.5) is 17.6 Å². The number of nitrogens with one attached hydrogen (secondary N) is 3. The lowest BCUT2D eigenvalue weighted by molar-refractivity contribution is 0.877. The van der Waals surface area contributed by atoms with E-state index in [4.69, 9.17) is 23.2 Å². The fourth-order valence-corrected chi connectivity index (χ4v) is 2.42. The summed E-state index contributed by atoms with van der Waals surface area (Å²) in [6.45, 7) is 4.04. The number of anilines is 3. The summed E-state index contributed by atoms with van der Waals surface area (Å²) in [7, 11) is 0. The zero-order valence-electron chi connectivity index (χ0n) is 12.0. The summed E-state index contributed by atoms with van der Waals surface area (Å²) in [5, 5.41) is 7.24. The maximum atomic E-state index is 6.13. The zero-order chi connectivity index (χ0) is 15.7. The summed E-state index contributed by atoms with van der Waals surface area (Å²) in [6.07, 6.45) is 1.68. The highest BCUT2D eigenvalue weighted by Crippen LogP contribution is 2.32. The highest BCUT2D eigenvalue weighted by atomic mass is 35.5. The Morgan fingerprint density at radius 2 is 1.86 bits per heavy atom. The number of aromatic nitrogens is 4. The molecule has 0 aliphatic heterocycles. The first-order chi connectivity index (χ1) is 10.5. The van der Waals surface area contributed by atoms with Gasteiger partial charge in [0.25, 0.3) is 0 Å². The summed E-state index contributed by atoms with van der Waals surface area (Å²) >= 11 is 12.3. The van der Waals surface area contributed by atoms with Gasteiger partial charge in [-0.25, -0.2) is 4.98 Å². The maximum absolute atomic E-state index is 6.13. The first-order valence-corrected chi connectivity index (χ1v) is 7.49. The first kappa shape index (κ1) is 14.9. The highest BCUT2D eigenvalue weighted by Gasteiger charge is 2.10. The molecule has 0 radical (unpaired) electrons. The summed E-state index contributed by atoms with van der Waals surface area (Å²) < 4.78 is 0. The summed E-state index contributed by atoms with van der Waals surface area (Å²) in [6, 6.07) is 5.53. The molecule has 0 atom stereocenters. The molecule has 114 valence electrons. The lowest BCUT2D eigenvalue weighted by Gasteiger charge is -2.06. The Labute approximate surface area is 137 Å². The standard InChI is InChI=1S/C14H14Cl2N6/c1-7(2)18-13-17-6-10-12(21-13)22-14(19-10)20-11-8(15)4-3-5-9(11)16/h3-7H,1-2H3,(H3,17,18,19,20,21,22). The number of benzene rings is 1. The molecular weight excluding hydrogens is 323 g/mol. The predicted molar refractivity (Wildman–Crippen MR) is 90.2 cm³/mol. The molecule has 0 aliphatic rings. The smallest absolute Gasteiger partial charge is 0.225 e. The van der Waals surface area contributed by atoms with Gasteiger partial charge in [0.2, 0.25) is 11.9 Å². The van der Waals surface area contributed by atoms with Crippen molar-refractivity contribution in [3.8, 4) is 0 Å². The minimum Gasteiger partial charge on any atom is -0.352 e. The topological polar surface area (TPSA) is 78.5 Å². The first-order valence-electron chi connectivity index (χ1n) is 6.73. The fourth-order valence-electron chi connectivity index (χ4n) is 1.93. The molecule has 2 aromatic heterocycles. The van der Waals surface area contributed by atoms with E-state index in [0.717, 1.165) is 5.52 Å². The molecule has 0 unspecified atom stereocenters. The molecule has 6 nitrogen and oxygen atoms in total. The molecule has 8 heteroatoms. The van der Waals surface area contributed by atoms with Crippen molar-refractivity contribution in [1.29, 1.82) is 0 Å². The van der Waals surface area contributed by atoms with Crippen molar-refractivity contribution in [3.63, 3.8) is 0 Å². The van der Waals surface area contributed by atoms with E-state index < -0.39 is 0 Å². The van der Waals surface area contributed by atoms with Crippen LogP contribution in [0.15, 0.2) is 24.4 Å². The Bertz CT molecular complexity index is 794. The van der Waals surface area contributed by atoms with Gasteiger partial charge in [0.1, 0.15) is 5.52 Å². The molecule has 0 aliphatic carbocycles. The normalized spacial score (nSPS) is 11.1. The van der Waals surface area contributed by atoms with E-state index in [9.17, 15) is 0 Å². The summed E-state index contributed by atoms with van der Waals surface area (Å²) in [5.74, 6) is 1.04. The van der Waals surface area contributed by atoms with Gasteiger partial charge in [-0.1, -0.05) is 29.3 Å². The Hall–Kier alpha value is -2.05. The van der Waals surface area contributed by atoms with Crippen LogP contribution in [0.3, 0.4) is 0 Å². The van der Waals surface area contributed by atoms with Crippen molar-refractivity contribution in [2.24, 2.45) is 0 Å². The van der Waals surface area contributed by atoms with Gasteiger partial charge in [-0.15, -0.1) is 0 Å². The van der Waals surface area contributed by atoms with Crippen LogP contribution in [0.2, 0.25) is 10.0 Å². The Morgan fingerprint density at radius 3 is 2.55 bits per heavy atom. The molecule has 0 saturated heterocycles. The lowest BCUT2D eigenvalue weighted by Crippen LogP contribution is -2.12. The van der Waals surface area contributed by atoms with Gasteiger partial charge in [0.15, 0.2) is 5.65 Å². The third-order valence-electron chi connectivity index (χ3n) is 2.86. The predicted octanol–water partition coefficient (Wildman–Crippen LogP) is 4.22. The molecule has 3 N–H and O–H groups in total. The maximum Gasteiger partial charge on any atom is 0.225 e. The van der Waals surface area contributed by atoms with E-state index in [0.29, 0.717) is 33.3 Å². The second-order valence-corrected chi connectivity index (χ2v) is 5.85. The minimum absolute atomic E-state index is 0.246. The van der Waals surface area contributed by atoms with Crippen molar-refractivity contribution in [2.45, 2.75) is 19.9 Å². The number of rotatable bonds is 4. The van der Waals surface area contributed by atoms with Crippen molar-refractivity contribution < 1.29 is 0 Å². The van der Waals surface area contributed by atoms with Crippen molar-refractivity contribution in [1.82, 2.24) is 19.9 Å². The number of hydrogen-bond donors (Lipinski definition) is 3. The number of aromatic amines is 1. The largest absolute Gasteiger partial charge is 0.352 e. The summed E-state index contributed by atoms with van der Waals surface area (Å²) in [4.78, 5) is 16.1. The number of halogens is 2. The van der Waals surface area contributed by atoms with E-state index in [-0.39, 0.29) is 6.04 Å². The second kappa shape index (κ2) is 5.98. The van der Waals surface area contributed by atoms with E-state index in [1.165, 1.54) is 0 Å². The van der Waals surface area contributed by atoms with E-state index in [1.807, 2.05) is 13.8 Å². The molecule has 0 saturated carbocycles. The van der Waals surface area contributed by atoms with Crippen LogP contribution in [0, 0.1) is 0 Å². The van der Waals surface area contributed by atoms with Crippen LogP contribution < -0.4 is 10.6 Å². The molecule has 0 fully saturated rings. The highest BCUT2D eigenvalue weighted by molar-refractivity contribution is 6.39. The molecule has 22 heavy (non-hydrogen) atoms. The van der Waals surface area contributed by atoms with Gasteiger partial charge in [-0.3, -0.25) is 0 Å². The molecular formula is C14H14Cl2N6. The third kappa shape index (κ3) is 3.08. The van der Waals surface area contributed by atoms with Crippen molar-refractivity contribution in [3.05, 3.63) is 34.4 Å². The van der Waals surface area contributed by atoms with E-state index in [1.54, 1.807) is 24.4 Å². The van der Waals surface area contributed by atoms with Gasteiger partial charge >= 0.3 is 0 Å². The van der Waals surface area contributed by atoms with Gasteiger partial charge < -0.3 is 15.6 Å². The van der Waals surface area contributed by atoms with Crippen LogP contribution in [0.1, 0.15) is 13.8 Å². The Kier molecular flexibility index (Phi) is 4.04. The molecule has 3 aromatic rings. The SMILES string of the molecule is CC(C)Nc1ncc2[nH]c(Nc3c(Cl)cccc3Cl)nc2n1. The molecule has 1 aromatic carbocycles. The molecule has 0 spiro atoms. The van der Waals surface area contributed by atoms with Crippen LogP contribution >= 0.6 is 23.2 Å². The molecule has 0 amide bonds.